The van der Waals surface area contributed by atoms with E-state index in [9.17, 15) is 9.59 Å². The molecule has 1 aliphatic rings. The first kappa shape index (κ1) is 16.1. The predicted molar refractivity (Wildman–Crippen MR) is 100 cm³/mol. The third kappa shape index (κ3) is 2.65. The van der Waals surface area contributed by atoms with Gasteiger partial charge in [0.05, 0.1) is 11.1 Å². The zero-order chi connectivity index (χ0) is 18.3. The molecule has 2 aromatic carbocycles. The molecule has 0 atom stereocenters. The van der Waals surface area contributed by atoms with E-state index >= 15 is 0 Å². The van der Waals surface area contributed by atoms with Crippen LogP contribution in [0.25, 0.3) is 11.3 Å². The van der Waals surface area contributed by atoms with Crippen LogP contribution in [0.2, 0.25) is 0 Å². The second kappa shape index (κ2) is 5.84. The number of carbonyl (C=O) groups is 2. The van der Waals surface area contributed by atoms with Crippen LogP contribution >= 0.6 is 0 Å². The molecule has 0 radical (unpaired) electrons. The van der Waals surface area contributed by atoms with Gasteiger partial charge in [0.1, 0.15) is 0 Å². The molecular formula is C20H18N4O2. The lowest BCUT2D eigenvalue weighted by Crippen LogP contribution is -2.27. The van der Waals surface area contributed by atoms with E-state index in [4.69, 9.17) is 0 Å². The molecule has 0 fully saturated rings. The van der Waals surface area contributed by atoms with Crippen LogP contribution in [0.4, 0.5) is 11.4 Å². The van der Waals surface area contributed by atoms with E-state index in [1.165, 1.54) is 0 Å². The Labute approximate surface area is 150 Å². The minimum atomic E-state index is -0.642. The first-order valence-electron chi connectivity index (χ1n) is 8.32. The molecule has 0 unspecified atom stereocenters. The predicted octanol–water partition coefficient (Wildman–Crippen LogP) is 3.56. The highest BCUT2D eigenvalue weighted by Gasteiger charge is 2.38. The third-order valence-electron chi connectivity index (χ3n) is 4.73. The Morgan fingerprint density at radius 1 is 1.08 bits per heavy atom. The van der Waals surface area contributed by atoms with Crippen LogP contribution in [0.1, 0.15) is 29.8 Å². The minimum absolute atomic E-state index is 0.0561. The molecule has 4 rings (SSSR count). The fourth-order valence-corrected chi connectivity index (χ4v) is 3.07. The van der Waals surface area contributed by atoms with Crippen molar-refractivity contribution in [2.45, 2.75) is 19.3 Å². The number of nitrogens with zero attached hydrogens (tertiary/aromatic N) is 1. The summed E-state index contributed by atoms with van der Waals surface area (Å²) in [5.41, 5.74) is 4.09. The lowest BCUT2D eigenvalue weighted by molar-refractivity contribution is -0.119. The number of hydrogen-bond acceptors (Lipinski definition) is 3. The van der Waals surface area contributed by atoms with Crippen molar-refractivity contribution in [3.63, 3.8) is 0 Å². The number of hydrogen-bond donors (Lipinski definition) is 3. The van der Waals surface area contributed by atoms with E-state index in [1.54, 1.807) is 24.4 Å². The van der Waals surface area contributed by atoms with Crippen LogP contribution in [0.5, 0.6) is 0 Å². The largest absolute Gasteiger partial charge is 0.325 e. The van der Waals surface area contributed by atoms with Crippen LogP contribution in [0.15, 0.2) is 54.7 Å². The molecule has 0 saturated carbocycles. The standard InChI is InChI=1S/C20H18N4O2/c1-20(2)15-11-13(5-8-17(15)23-19(20)26)18(25)22-14-6-3-12(4-7-14)16-9-10-21-24-16/h3-11H,1-2H3,(H,21,24)(H,22,25)(H,23,26). The number of aromatic nitrogens is 2. The molecule has 0 bridgehead atoms. The van der Waals surface area contributed by atoms with Crippen molar-refractivity contribution in [3.8, 4) is 11.3 Å². The second-order valence-electron chi connectivity index (χ2n) is 6.84. The van der Waals surface area contributed by atoms with E-state index in [0.717, 1.165) is 22.5 Å². The van der Waals surface area contributed by atoms with Gasteiger partial charge in [0.15, 0.2) is 0 Å². The van der Waals surface area contributed by atoms with Crippen molar-refractivity contribution in [2.24, 2.45) is 0 Å². The summed E-state index contributed by atoms with van der Waals surface area (Å²) in [6, 6.07) is 14.7. The summed E-state index contributed by atoms with van der Waals surface area (Å²) in [6.07, 6.45) is 1.69. The molecule has 3 aromatic rings. The van der Waals surface area contributed by atoms with Gasteiger partial charge in [-0.05, 0) is 61.4 Å². The van der Waals surface area contributed by atoms with Gasteiger partial charge in [-0.25, -0.2) is 0 Å². The van der Waals surface area contributed by atoms with E-state index in [0.29, 0.717) is 11.3 Å². The first-order valence-corrected chi connectivity index (χ1v) is 8.32. The zero-order valence-electron chi connectivity index (χ0n) is 14.5. The molecule has 3 N–H and O–H groups in total. The highest BCUT2D eigenvalue weighted by Crippen LogP contribution is 2.37. The maximum absolute atomic E-state index is 12.6. The average Bonchev–Trinajstić information content (AvgIpc) is 3.23. The molecule has 130 valence electrons. The summed E-state index contributed by atoms with van der Waals surface area (Å²) < 4.78 is 0. The van der Waals surface area contributed by atoms with Crippen molar-refractivity contribution in [2.75, 3.05) is 10.6 Å². The summed E-state index contributed by atoms with van der Waals surface area (Å²) >= 11 is 0. The normalized spacial score (nSPS) is 14.6. The maximum atomic E-state index is 12.6. The third-order valence-corrected chi connectivity index (χ3v) is 4.73. The van der Waals surface area contributed by atoms with Gasteiger partial charge in [-0.3, -0.25) is 14.7 Å². The number of aromatic amines is 1. The summed E-state index contributed by atoms with van der Waals surface area (Å²) in [5.74, 6) is -0.267. The molecule has 1 aliphatic heterocycles. The Morgan fingerprint density at radius 3 is 2.54 bits per heavy atom. The SMILES string of the molecule is CC1(C)C(=O)Nc2ccc(C(=O)Nc3ccc(-c4ccn[nH]4)cc3)cc21. The summed E-state index contributed by atoms with van der Waals surface area (Å²) in [4.78, 5) is 24.6. The van der Waals surface area contributed by atoms with Gasteiger partial charge in [-0.15, -0.1) is 0 Å². The molecular weight excluding hydrogens is 328 g/mol. The summed E-state index contributed by atoms with van der Waals surface area (Å²) in [5, 5.41) is 12.6. The Morgan fingerprint density at radius 2 is 1.85 bits per heavy atom. The number of rotatable bonds is 3. The number of nitrogens with one attached hydrogen (secondary N) is 3. The second-order valence-corrected chi connectivity index (χ2v) is 6.84. The first-order chi connectivity index (χ1) is 12.4. The van der Waals surface area contributed by atoms with Crippen molar-refractivity contribution in [1.29, 1.82) is 0 Å². The van der Waals surface area contributed by atoms with Crippen molar-refractivity contribution in [3.05, 3.63) is 65.9 Å². The van der Waals surface area contributed by atoms with E-state index < -0.39 is 5.41 Å². The number of H-pyrrole nitrogens is 1. The van der Waals surface area contributed by atoms with Crippen LogP contribution in [0.3, 0.4) is 0 Å². The van der Waals surface area contributed by atoms with Crippen LogP contribution in [-0.2, 0) is 10.2 Å². The number of carbonyl (C=O) groups excluding carboxylic acids is 2. The Hall–Kier alpha value is -3.41. The maximum Gasteiger partial charge on any atom is 0.255 e. The number of amides is 2. The van der Waals surface area contributed by atoms with Crippen LogP contribution < -0.4 is 10.6 Å². The molecule has 2 heterocycles. The molecule has 1 aromatic heterocycles. The fourth-order valence-electron chi connectivity index (χ4n) is 3.07. The molecule has 2 amide bonds. The molecule has 0 saturated heterocycles. The van der Waals surface area contributed by atoms with Crippen molar-refractivity contribution in [1.82, 2.24) is 10.2 Å². The van der Waals surface area contributed by atoms with E-state index in [2.05, 4.69) is 20.8 Å². The summed E-state index contributed by atoms with van der Waals surface area (Å²) in [7, 11) is 0. The minimum Gasteiger partial charge on any atom is -0.325 e. The van der Waals surface area contributed by atoms with Gasteiger partial charge < -0.3 is 10.6 Å². The topological polar surface area (TPSA) is 86.9 Å². The average molecular weight is 346 g/mol. The number of anilines is 2. The molecule has 0 aliphatic carbocycles. The highest BCUT2D eigenvalue weighted by atomic mass is 16.2. The van der Waals surface area contributed by atoms with Crippen molar-refractivity contribution < 1.29 is 9.59 Å². The molecule has 6 nitrogen and oxygen atoms in total. The van der Waals surface area contributed by atoms with Gasteiger partial charge in [0, 0.05) is 23.1 Å². The fraction of sp³-hybridized carbons (Fsp3) is 0.150. The Bertz CT molecular complexity index is 989. The van der Waals surface area contributed by atoms with Gasteiger partial charge in [-0.1, -0.05) is 12.1 Å². The van der Waals surface area contributed by atoms with Gasteiger partial charge >= 0.3 is 0 Å². The van der Waals surface area contributed by atoms with Gasteiger partial charge in [0.25, 0.3) is 5.91 Å². The van der Waals surface area contributed by atoms with E-state index in [-0.39, 0.29) is 11.8 Å². The smallest absolute Gasteiger partial charge is 0.255 e. The van der Waals surface area contributed by atoms with Crippen LogP contribution in [0, 0.1) is 0 Å². The Balaban J connectivity index is 1.54. The lowest BCUT2D eigenvalue weighted by atomic mass is 9.85. The molecule has 26 heavy (non-hydrogen) atoms. The quantitative estimate of drug-likeness (QED) is 0.678. The van der Waals surface area contributed by atoms with E-state index in [1.807, 2.05) is 44.2 Å². The lowest BCUT2D eigenvalue weighted by Gasteiger charge is -2.15. The monoisotopic (exact) mass is 346 g/mol. The number of benzene rings is 2. The molecule has 0 spiro atoms. The highest BCUT2D eigenvalue weighted by molar-refractivity contribution is 6.09. The zero-order valence-corrected chi connectivity index (χ0v) is 14.5. The van der Waals surface area contributed by atoms with Crippen molar-refractivity contribution >= 4 is 23.2 Å². The van der Waals surface area contributed by atoms with Gasteiger partial charge in [0.2, 0.25) is 5.91 Å². The Kier molecular flexibility index (Phi) is 3.61. The van der Waals surface area contributed by atoms with Gasteiger partial charge in [-0.2, -0.15) is 5.10 Å². The summed E-state index contributed by atoms with van der Waals surface area (Å²) in [6.45, 7) is 3.70. The molecule has 6 heteroatoms. The van der Waals surface area contributed by atoms with Crippen LogP contribution in [-0.4, -0.2) is 22.0 Å². The number of fused-ring (bicyclic) bond motifs is 1.